The number of hydrogen-bond acceptors (Lipinski definition) is 4. The van der Waals surface area contributed by atoms with Crippen molar-refractivity contribution in [1.29, 1.82) is 0 Å². The topological polar surface area (TPSA) is 68.3 Å². The van der Waals surface area contributed by atoms with Gasteiger partial charge in [-0.25, -0.2) is 0 Å². The lowest BCUT2D eigenvalue weighted by Crippen LogP contribution is -2.30. The molecule has 9 heteroatoms. The van der Waals surface area contributed by atoms with Gasteiger partial charge in [-0.05, 0) is 37.5 Å². The number of rotatable bonds is 5. The number of nitro groups is 1. The standard InChI is InChI=1S/C14H15F3N2O3S/c1-13(20,5-6-23-2)12-8-9-7-10(19(21)22)3-4-11(9)18(12)14(15,16)17/h3-4,7-8,20H,5-6H2,1-2H3. The van der Waals surface area contributed by atoms with Crippen molar-refractivity contribution < 1.29 is 23.2 Å². The summed E-state index contributed by atoms with van der Waals surface area (Å²) >= 11 is 1.41. The van der Waals surface area contributed by atoms with Gasteiger partial charge in [0.15, 0.2) is 0 Å². The second kappa shape index (κ2) is 6.04. The first-order valence-electron chi connectivity index (χ1n) is 6.67. The number of nitrogens with zero attached hydrogens (tertiary/aromatic N) is 2. The second-order valence-electron chi connectivity index (χ2n) is 5.35. The molecule has 1 aromatic heterocycles. The monoisotopic (exact) mass is 348 g/mol. The molecule has 2 rings (SSSR count). The zero-order valence-electron chi connectivity index (χ0n) is 12.4. The quantitative estimate of drug-likeness (QED) is 0.655. The number of nitro benzene ring substituents is 1. The fourth-order valence-corrected chi connectivity index (χ4v) is 3.02. The molecular weight excluding hydrogens is 333 g/mol. The number of thioether (sulfide) groups is 1. The highest BCUT2D eigenvalue weighted by molar-refractivity contribution is 7.98. The maximum Gasteiger partial charge on any atom is 0.489 e. The van der Waals surface area contributed by atoms with Crippen molar-refractivity contribution >= 4 is 28.4 Å². The minimum absolute atomic E-state index is 0.0657. The highest BCUT2D eigenvalue weighted by Gasteiger charge is 2.40. The third-order valence-electron chi connectivity index (χ3n) is 3.59. The lowest BCUT2D eigenvalue weighted by molar-refractivity contribution is -0.384. The predicted molar refractivity (Wildman–Crippen MR) is 82.5 cm³/mol. The molecule has 23 heavy (non-hydrogen) atoms. The Morgan fingerprint density at radius 2 is 2.00 bits per heavy atom. The van der Waals surface area contributed by atoms with Crippen LogP contribution in [0.3, 0.4) is 0 Å². The first-order valence-corrected chi connectivity index (χ1v) is 8.06. The van der Waals surface area contributed by atoms with Gasteiger partial charge >= 0.3 is 6.30 Å². The normalized spacial score (nSPS) is 14.9. The molecule has 1 unspecified atom stereocenters. The molecule has 0 aliphatic carbocycles. The van der Waals surface area contributed by atoms with Crippen LogP contribution in [0.4, 0.5) is 18.9 Å². The number of alkyl halides is 3. The molecule has 126 valence electrons. The summed E-state index contributed by atoms with van der Waals surface area (Å²) in [6.45, 7) is 1.31. The van der Waals surface area contributed by atoms with Crippen molar-refractivity contribution in [1.82, 2.24) is 4.57 Å². The number of aromatic nitrogens is 1. The molecule has 0 bridgehead atoms. The van der Waals surface area contributed by atoms with Crippen LogP contribution in [0.2, 0.25) is 0 Å². The van der Waals surface area contributed by atoms with Gasteiger partial charge in [0.2, 0.25) is 0 Å². The maximum absolute atomic E-state index is 13.4. The Hall–Kier alpha value is -1.74. The largest absolute Gasteiger partial charge is 0.489 e. The van der Waals surface area contributed by atoms with Crippen LogP contribution in [0, 0.1) is 10.1 Å². The number of halogens is 3. The van der Waals surface area contributed by atoms with E-state index >= 15 is 0 Å². The van der Waals surface area contributed by atoms with Crippen LogP contribution < -0.4 is 0 Å². The van der Waals surface area contributed by atoms with Crippen LogP contribution >= 0.6 is 11.8 Å². The molecule has 0 spiro atoms. The van der Waals surface area contributed by atoms with Crippen molar-refractivity contribution in [2.75, 3.05) is 12.0 Å². The van der Waals surface area contributed by atoms with Gasteiger partial charge < -0.3 is 5.11 Å². The molecule has 0 saturated carbocycles. The van der Waals surface area contributed by atoms with E-state index in [9.17, 15) is 28.4 Å². The van der Waals surface area contributed by atoms with Crippen LogP contribution in [0.1, 0.15) is 19.0 Å². The number of aliphatic hydroxyl groups is 1. The van der Waals surface area contributed by atoms with E-state index in [2.05, 4.69) is 0 Å². The zero-order valence-corrected chi connectivity index (χ0v) is 13.2. The van der Waals surface area contributed by atoms with E-state index in [-0.39, 0.29) is 33.3 Å². The van der Waals surface area contributed by atoms with E-state index in [4.69, 9.17) is 0 Å². The van der Waals surface area contributed by atoms with Crippen LogP contribution in [0.25, 0.3) is 10.9 Å². The smallest absolute Gasteiger partial charge is 0.384 e. The molecule has 0 amide bonds. The summed E-state index contributed by atoms with van der Waals surface area (Å²) < 4.78 is 40.4. The van der Waals surface area contributed by atoms with E-state index in [1.54, 1.807) is 6.26 Å². The van der Waals surface area contributed by atoms with Crippen molar-refractivity contribution in [3.05, 3.63) is 40.1 Å². The fraction of sp³-hybridized carbons (Fsp3) is 0.429. The number of hydrogen-bond donors (Lipinski definition) is 1. The molecule has 1 atom stereocenters. The second-order valence-corrected chi connectivity index (χ2v) is 6.34. The minimum atomic E-state index is -4.74. The molecule has 1 heterocycles. The van der Waals surface area contributed by atoms with E-state index in [0.29, 0.717) is 5.75 Å². The van der Waals surface area contributed by atoms with E-state index in [1.807, 2.05) is 0 Å². The molecule has 5 nitrogen and oxygen atoms in total. The summed E-state index contributed by atoms with van der Waals surface area (Å²) in [7, 11) is 0. The maximum atomic E-state index is 13.4. The van der Waals surface area contributed by atoms with Crippen LogP contribution in [0.5, 0.6) is 0 Å². The summed E-state index contributed by atoms with van der Waals surface area (Å²) in [6.07, 6.45) is -2.82. The van der Waals surface area contributed by atoms with Gasteiger partial charge in [-0.3, -0.25) is 14.7 Å². The average Bonchev–Trinajstić information content (AvgIpc) is 2.84. The van der Waals surface area contributed by atoms with E-state index < -0.39 is 16.8 Å². The molecule has 0 saturated heterocycles. The third kappa shape index (κ3) is 3.45. The molecule has 0 radical (unpaired) electrons. The Morgan fingerprint density at radius 1 is 1.35 bits per heavy atom. The summed E-state index contributed by atoms with van der Waals surface area (Å²) in [4.78, 5) is 10.1. The zero-order chi connectivity index (χ0) is 17.4. The van der Waals surface area contributed by atoms with Gasteiger partial charge in [0, 0.05) is 17.5 Å². The van der Waals surface area contributed by atoms with Crippen molar-refractivity contribution in [3.63, 3.8) is 0 Å². The van der Waals surface area contributed by atoms with Gasteiger partial charge in [-0.15, -0.1) is 13.2 Å². The van der Waals surface area contributed by atoms with Gasteiger partial charge in [-0.2, -0.15) is 11.8 Å². The van der Waals surface area contributed by atoms with Gasteiger partial charge in [-0.1, -0.05) is 0 Å². The highest BCUT2D eigenvalue weighted by atomic mass is 32.2. The Morgan fingerprint density at radius 3 is 2.52 bits per heavy atom. The number of benzene rings is 1. The van der Waals surface area contributed by atoms with E-state index in [0.717, 1.165) is 24.3 Å². The third-order valence-corrected chi connectivity index (χ3v) is 4.21. The minimum Gasteiger partial charge on any atom is -0.384 e. The molecule has 1 aromatic carbocycles. The molecule has 0 aliphatic rings. The van der Waals surface area contributed by atoms with Crippen molar-refractivity contribution in [2.45, 2.75) is 25.2 Å². The van der Waals surface area contributed by atoms with Crippen molar-refractivity contribution in [2.24, 2.45) is 0 Å². The highest BCUT2D eigenvalue weighted by Crippen LogP contribution is 2.38. The number of fused-ring (bicyclic) bond motifs is 1. The van der Waals surface area contributed by atoms with Crippen LogP contribution in [-0.2, 0) is 11.9 Å². The summed E-state index contributed by atoms with van der Waals surface area (Å²) in [5.74, 6) is 0.479. The first kappa shape index (κ1) is 17.6. The van der Waals surface area contributed by atoms with E-state index in [1.165, 1.54) is 18.7 Å². The number of non-ortho nitro benzene ring substituents is 1. The van der Waals surface area contributed by atoms with Crippen LogP contribution in [-0.4, -0.2) is 26.6 Å². The predicted octanol–water partition coefficient (Wildman–Crippen LogP) is 3.99. The Labute approximate surface area is 134 Å². The van der Waals surface area contributed by atoms with Crippen molar-refractivity contribution in [3.8, 4) is 0 Å². The summed E-state index contributed by atoms with van der Waals surface area (Å²) in [5.41, 5.74) is -2.55. The average molecular weight is 348 g/mol. The lowest BCUT2D eigenvalue weighted by atomic mass is 9.99. The summed E-state index contributed by atoms with van der Waals surface area (Å²) in [6, 6.07) is 4.31. The van der Waals surface area contributed by atoms with Gasteiger partial charge in [0.25, 0.3) is 5.69 Å². The Bertz CT molecular complexity index is 741. The molecule has 0 fully saturated rings. The molecule has 1 N–H and O–H groups in total. The SMILES string of the molecule is CSCCC(C)(O)c1cc2cc([N+](=O)[O-])ccc2n1C(F)(F)F. The van der Waals surface area contributed by atoms with Crippen LogP contribution in [0.15, 0.2) is 24.3 Å². The van der Waals surface area contributed by atoms with Gasteiger partial charge in [0.1, 0.15) is 5.60 Å². The fourth-order valence-electron chi connectivity index (χ4n) is 2.41. The molecule has 0 aliphatic heterocycles. The Kier molecular flexibility index (Phi) is 4.63. The first-order chi connectivity index (χ1) is 10.6. The Balaban J connectivity index is 2.70. The molecule has 2 aromatic rings. The molecular formula is C14H15F3N2O3S. The lowest BCUT2D eigenvalue weighted by Gasteiger charge is -2.26. The summed E-state index contributed by atoms with van der Waals surface area (Å²) in [5, 5.41) is 21.3. The van der Waals surface area contributed by atoms with Gasteiger partial charge in [0.05, 0.1) is 16.1 Å².